The van der Waals surface area contributed by atoms with Crippen LogP contribution in [0, 0.1) is 11.5 Å². The van der Waals surface area contributed by atoms with Gasteiger partial charge >= 0.3 is 0 Å². The lowest BCUT2D eigenvalue weighted by molar-refractivity contribution is 0.123. The maximum atomic E-state index is 6.22. The van der Waals surface area contributed by atoms with E-state index in [-0.39, 0.29) is 0 Å². The molecule has 4 nitrogen and oxygen atoms in total. The van der Waals surface area contributed by atoms with E-state index in [1.54, 1.807) is 0 Å². The van der Waals surface area contributed by atoms with Gasteiger partial charge in [0.15, 0.2) is 0 Å². The first-order valence-corrected chi connectivity index (χ1v) is 10.6. The van der Waals surface area contributed by atoms with Crippen LogP contribution in [0.25, 0.3) is 0 Å². The maximum absolute atomic E-state index is 6.22. The van der Waals surface area contributed by atoms with Crippen molar-refractivity contribution in [1.82, 2.24) is 4.98 Å². The van der Waals surface area contributed by atoms with Crippen LogP contribution in [-0.2, 0) is 4.74 Å². The second kappa shape index (κ2) is 6.04. The van der Waals surface area contributed by atoms with Crippen molar-refractivity contribution in [3.8, 4) is 11.5 Å². The molecule has 2 N–H and O–H groups in total. The van der Waals surface area contributed by atoms with Gasteiger partial charge in [0.05, 0.1) is 24.6 Å². The Morgan fingerprint density at radius 1 is 1.35 bits per heavy atom. The molecule has 0 saturated carbocycles. The monoisotopic (exact) mass is 309 g/mol. The van der Waals surface area contributed by atoms with E-state index in [0.29, 0.717) is 29.7 Å². The minimum atomic E-state index is -1.47. The van der Waals surface area contributed by atoms with Crippen molar-refractivity contribution in [1.29, 1.82) is 0 Å². The van der Waals surface area contributed by atoms with Crippen molar-refractivity contribution in [2.45, 2.75) is 19.6 Å². The van der Waals surface area contributed by atoms with Crippen LogP contribution >= 0.6 is 11.6 Å². The SMILES string of the molecule is C[Si](C)(C)C#Cc1nc(Cl)cc(N2CCOCC2)c1N. The predicted molar refractivity (Wildman–Crippen MR) is 86.9 cm³/mol. The van der Waals surface area contributed by atoms with Crippen LogP contribution in [0.4, 0.5) is 11.4 Å². The fourth-order valence-corrected chi connectivity index (χ4v) is 2.60. The summed E-state index contributed by atoms with van der Waals surface area (Å²) >= 11 is 6.11. The average molecular weight is 310 g/mol. The highest BCUT2D eigenvalue weighted by Gasteiger charge is 2.17. The van der Waals surface area contributed by atoms with Gasteiger partial charge in [-0.3, -0.25) is 0 Å². The first-order chi connectivity index (χ1) is 9.37. The van der Waals surface area contributed by atoms with E-state index in [9.17, 15) is 0 Å². The van der Waals surface area contributed by atoms with E-state index in [0.717, 1.165) is 18.8 Å². The molecule has 1 fully saturated rings. The van der Waals surface area contributed by atoms with Crippen molar-refractivity contribution < 1.29 is 4.74 Å². The maximum Gasteiger partial charge on any atom is 0.139 e. The molecule has 0 spiro atoms. The zero-order valence-corrected chi connectivity index (χ0v) is 13.9. The summed E-state index contributed by atoms with van der Waals surface area (Å²) in [6.07, 6.45) is 0. The summed E-state index contributed by atoms with van der Waals surface area (Å²) in [4.78, 5) is 6.44. The molecular weight excluding hydrogens is 290 g/mol. The third-order valence-electron chi connectivity index (χ3n) is 2.91. The number of anilines is 2. The first kappa shape index (κ1) is 15.2. The predicted octanol–water partition coefficient (Wildman–Crippen LogP) is 2.38. The molecule has 0 amide bonds. The van der Waals surface area contributed by atoms with Crippen molar-refractivity contribution in [3.05, 3.63) is 16.9 Å². The van der Waals surface area contributed by atoms with Crippen molar-refractivity contribution in [3.63, 3.8) is 0 Å². The van der Waals surface area contributed by atoms with Gasteiger partial charge < -0.3 is 15.4 Å². The Morgan fingerprint density at radius 2 is 2.00 bits per heavy atom. The molecule has 0 radical (unpaired) electrons. The minimum Gasteiger partial charge on any atom is -0.395 e. The van der Waals surface area contributed by atoms with Gasteiger partial charge in [0.2, 0.25) is 0 Å². The lowest BCUT2D eigenvalue weighted by atomic mass is 10.2. The van der Waals surface area contributed by atoms with Crippen LogP contribution < -0.4 is 10.6 Å². The number of rotatable bonds is 1. The number of nitrogens with two attached hydrogens (primary N) is 1. The standard InChI is InChI=1S/C14H20ClN3OSi/c1-20(2,3)9-4-11-14(16)12(10-13(15)17-11)18-5-7-19-8-6-18/h10H,5-8,16H2,1-3H3. The number of ether oxygens (including phenoxy) is 1. The summed E-state index contributed by atoms with van der Waals surface area (Å²) in [7, 11) is -1.47. The summed E-state index contributed by atoms with van der Waals surface area (Å²) in [5.74, 6) is 3.11. The van der Waals surface area contributed by atoms with E-state index in [4.69, 9.17) is 22.1 Å². The molecule has 20 heavy (non-hydrogen) atoms. The van der Waals surface area contributed by atoms with Gasteiger partial charge in [0.1, 0.15) is 18.9 Å². The number of aromatic nitrogens is 1. The molecule has 1 aliphatic heterocycles. The van der Waals surface area contributed by atoms with Gasteiger partial charge in [-0.25, -0.2) is 4.98 Å². The number of nitrogen functional groups attached to an aromatic ring is 1. The highest BCUT2D eigenvalue weighted by molar-refractivity contribution is 6.83. The minimum absolute atomic E-state index is 0.431. The van der Waals surface area contributed by atoms with E-state index >= 15 is 0 Å². The molecule has 6 heteroatoms. The Hall–Kier alpha value is -1.22. The molecule has 1 saturated heterocycles. The smallest absolute Gasteiger partial charge is 0.139 e. The zero-order chi connectivity index (χ0) is 14.8. The summed E-state index contributed by atoms with van der Waals surface area (Å²) in [5, 5.41) is 0.431. The number of hydrogen-bond donors (Lipinski definition) is 1. The lowest BCUT2D eigenvalue weighted by Gasteiger charge is -2.30. The van der Waals surface area contributed by atoms with Crippen molar-refractivity contribution >= 4 is 31.0 Å². The number of hydrogen-bond acceptors (Lipinski definition) is 4. The summed E-state index contributed by atoms with van der Waals surface area (Å²) < 4.78 is 5.36. The third kappa shape index (κ3) is 3.89. The first-order valence-electron chi connectivity index (χ1n) is 6.69. The Kier molecular flexibility index (Phi) is 4.58. The van der Waals surface area contributed by atoms with Crippen LogP contribution in [0.3, 0.4) is 0 Å². The molecule has 1 aliphatic rings. The van der Waals surface area contributed by atoms with Gasteiger partial charge in [-0.05, 0) is 0 Å². The summed E-state index contributed by atoms with van der Waals surface area (Å²) in [6, 6.07) is 1.81. The molecule has 0 unspecified atom stereocenters. The number of morpholine rings is 1. The second-order valence-corrected chi connectivity index (χ2v) is 11.0. The number of nitrogens with zero attached hydrogens (tertiary/aromatic N) is 2. The largest absolute Gasteiger partial charge is 0.395 e. The van der Waals surface area contributed by atoms with E-state index in [1.807, 2.05) is 6.07 Å². The van der Waals surface area contributed by atoms with Crippen LogP contribution in [0.15, 0.2) is 6.07 Å². The van der Waals surface area contributed by atoms with Crippen LogP contribution in [-0.4, -0.2) is 39.4 Å². The summed E-state index contributed by atoms with van der Waals surface area (Å²) in [5.41, 5.74) is 11.6. The molecule has 0 aliphatic carbocycles. The zero-order valence-electron chi connectivity index (χ0n) is 12.2. The quantitative estimate of drug-likeness (QED) is 0.491. The Labute approximate surface area is 126 Å². The molecular formula is C14H20ClN3OSi. The Balaban J connectivity index is 2.38. The number of halogens is 1. The molecule has 2 rings (SSSR count). The Bertz CT molecular complexity index is 554. The molecule has 108 valence electrons. The van der Waals surface area contributed by atoms with Crippen LogP contribution in [0.2, 0.25) is 24.8 Å². The molecule has 1 aromatic rings. The van der Waals surface area contributed by atoms with Crippen LogP contribution in [0.1, 0.15) is 5.69 Å². The van der Waals surface area contributed by atoms with Gasteiger partial charge in [-0.15, -0.1) is 5.54 Å². The number of pyridine rings is 1. The van der Waals surface area contributed by atoms with Crippen LogP contribution in [0.5, 0.6) is 0 Å². The molecule has 0 atom stereocenters. The molecule has 0 aromatic carbocycles. The van der Waals surface area contributed by atoms with Gasteiger partial charge in [-0.1, -0.05) is 37.2 Å². The van der Waals surface area contributed by atoms with Gasteiger partial charge in [0.25, 0.3) is 0 Å². The van der Waals surface area contributed by atoms with Crippen molar-refractivity contribution in [2.24, 2.45) is 0 Å². The second-order valence-electron chi connectivity index (χ2n) is 5.83. The molecule has 2 heterocycles. The molecule has 1 aromatic heterocycles. The van der Waals surface area contributed by atoms with E-state index in [1.165, 1.54) is 0 Å². The molecule has 0 bridgehead atoms. The average Bonchev–Trinajstić information content (AvgIpc) is 2.39. The highest BCUT2D eigenvalue weighted by Crippen LogP contribution is 2.29. The van der Waals surface area contributed by atoms with E-state index < -0.39 is 8.07 Å². The summed E-state index contributed by atoms with van der Waals surface area (Å²) in [6.45, 7) is 9.58. The third-order valence-corrected chi connectivity index (χ3v) is 3.98. The van der Waals surface area contributed by atoms with Crippen molar-refractivity contribution in [2.75, 3.05) is 36.9 Å². The fourth-order valence-electron chi connectivity index (χ4n) is 1.92. The van der Waals surface area contributed by atoms with Gasteiger partial charge in [0, 0.05) is 19.2 Å². The van der Waals surface area contributed by atoms with Gasteiger partial charge in [-0.2, -0.15) is 0 Å². The van der Waals surface area contributed by atoms with E-state index in [2.05, 4.69) is 41.0 Å². The lowest BCUT2D eigenvalue weighted by Crippen LogP contribution is -2.36. The Morgan fingerprint density at radius 3 is 2.60 bits per heavy atom. The normalized spacial score (nSPS) is 15.7. The fraction of sp³-hybridized carbons (Fsp3) is 0.500. The topological polar surface area (TPSA) is 51.4 Å². The highest BCUT2D eigenvalue weighted by atomic mass is 35.5.